The van der Waals surface area contributed by atoms with E-state index in [1.807, 2.05) is 6.07 Å². The minimum Gasteiger partial charge on any atom is -0.354 e. The van der Waals surface area contributed by atoms with Crippen LogP contribution in [0.5, 0.6) is 0 Å². The molecule has 3 N–H and O–H groups in total. The van der Waals surface area contributed by atoms with Crippen molar-refractivity contribution in [1.29, 1.82) is 0 Å². The Morgan fingerprint density at radius 3 is 2.61 bits per heavy atom. The van der Waals surface area contributed by atoms with Crippen molar-refractivity contribution in [3.05, 3.63) is 35.9 Å². The fourth-order valence-corrected chi connectivity index (χ4v) is 3.17. The quantitative estimate of drug-likeness (QED) is 0.748. The molecule has 0 aliphatic carbocycles. The lowest BCUT2D eigenvalue weighted by molar-refractivity contribution is -0.122. The number of hydrogen-bond donors (Lipinski definition) is 3. The van der Waals surface area contributed by atoms with E-state index in [1.165, 1.54) is 5.56 Å². The van der Waals surface area contributed by atoms with E-state index in [4.69, 9.17) is 0 Å². The molecule has 2 saturated heterocycles. The van der Waals surface area contributed by atoms with E-state index in [0.29, 0.717) is 19.0 Å². The summed E-state index contributed by atoms with van der Waals surface area (Å²) < 4.78 is 0. The summed E-state index contributed by atoms with van der Waals surface area (Å²) in [6.45, 7) is 4.21. The van der Waals surface area contributed by atoms with E-state index in [2.05, 4.69) is 45.1 Å². The van der Waals surface area contributed by atoms with Crippen molar-refractivity contribution in [3.8, 4) is 0 Å². The van der Waals surface area contributed by atoms with E-state index >= 15 is 0 Å². The van der Waals surface area contributed by atoms with E-state index in [-0.39, 0.29) is 11.9 Å². The Balaban J connectivity index is 1.36. The maximum Gasteiger partial charge on any atom is 0.315 e. The van der Waals surface area contributed by atoms with Gasteiger partial charge in [0.25, 0.3) is 0 Å². The van der Waals surface area contributed by atoms with Crippen LogP contribution in [0.15, 0.2) is 30.3 Å². The van der Waals surface area contributed by atoms with Crippen molar-refractivity contribution in [2.75, 3.05) is 26.2 Å². The summed E-state index contributed by atoms with van der Waals surface area (Å²) in [7, 11) is 0. The number of nitrogens with one attached hydrogen (secondary N) is 3. The molecule has 3 rings (SSSR count). The Hall–Kier alpha value is -2.08. The molecule has 1 aromatic carbocycles. The van der Waals surface area contributed by atoms with E-state index in [9.17, 15) is 9.59 Å². The van der Waals surface area contributed by atoms with Crippen LogP contribution in [0, 0.1) is 5.92 Å². The number of urea groups is 1. The second-order valence-corrected chi connectivity index (χ2v) is 6.36. The molecule has 2 aliphatic rings. The SMILES string of the molecule is O=C1NC[C@@H](C(=O)NCC2CCN(Cc3ccccc3)CC2)N1. The molecule has 1 aromatic rings. The fraction of sp³-hybridized carbons (Fsp3) is 0.529. The molecule has 0 radical (unpaired) electrons. The number of rotatable bonds is 5. The van der Waals surface area contributed by atoms with Crippen molar-refractivity contribution >= 4 is 11.9 Å². The number of carbonyl (C=O) groups is 2. The van der Waals surface area contributed by atoms with Gasteiger partial charge in [0.2, 0.25) is 5.91 Å². The van der Waals surface area contributed by atoms with Crippen molar-refractivity contribution in [3.63, 3.8) is 0 Å². The summed E-state index contributed by atoms with van der Waals surface area (Å²) in [5.74, 6) is 0.436. The Kier molecular flexibility index (Phi) is 5.12. The number of amides is 3. The minimum absolute atomic E-state index is 0.0879. The molecule has 0 saturated carbocycles. The van der Waals surface area contributed by atoms with Crippen molar-refractivity contribution in [2.24, 2.45) is 5.92 Å². The maximum absolute atomic E-state index is 12.0. The van der Waals surface area contributed by atoms with Gasteiger partial charge in [0, 0.05) is 19.6 Å². The summed E-state index contributed by atoms with van der Waals surface area (Å²) in [4.78, 5) is 25.5. The first-order chi connectivity index (χ1) is 11.2. The van der Waals surface area contributed by atoms with Crippen LogP contribution in [0.2, 0.25) is 0 Å². The molecule has 1 atom stereocenters. The smallest absolute Gasteiger partial charge is 0.315 e. The third-order valence-corrected chi connectivity index (χ3v) is 4.61. The highest BCUT2D eigenvalue weighted by molar-refractivity contribution is 5.90. The first-order valence-electron chi connectivity index (χ1n) is 8.29. The molecule has 3 amide bonds. The van der Waals surface area contributed by atoms with Crippen molar-refractivity contribution < 1.29 is 9.59 Å². The van der Waals surface area contributed by atoms with Gasteiger partial charge in [-0.15, -0.1) is 0 Å². The highest BCUT2D eigenvalue weighted by Crippen LogP contribution is 2.18. The van der Waals surface area contributed by atoms with Gasteiger partial charge in [-0.2, -0.15) is 0 Å². The maximum atomic E-state index is 12.0. The average Bonchev–Trinajstić information content (AvgIpc) is 3.01. The first kappa shape index (κ1) is 15.8. The van der Waals surface area contributed by atoms with Crippen molar-refractivity contribution in [2.45, 2.75) is 25.4 Å². The molecular formula is C17H24N4O2. The largest absolute Gasteiger partial charge is 0.354 e. The number of nitrogens with zero attached hydrogens (tertiary/aromatic N) is 1. The molecule has 23 heavy (non-hydrogen) atoms. The van der Waals surface area contributed by atoms with Crippen molar-refractivity contribution in [1.82, 2.24) is 20.9 Å². The predicted octanol–water partition coefficient (Wildman–Crippen LogP) is 0.696. The standard InChI is InChI=1S/C17H24N4O2/c22-16(15-11-19-17(23)20-15)18-10-13-6-8-21(9-7-13)12-14-4-2-1-3-5-14/h1-5,13,15H,6-12H2,(H,18,22)(H2,19,20,23)/t15-/m0/s1. The summed E-state index contributed by atoms with van der Waals surface area (Å²) in [6.07, 6.45) is 2.20. The molecular weight excluding hydrogens is 292 g/mol. The fourth-order valence-electron chi connectivity index (χ4n) is 3.17. The second-order valence-electron chi connectivity index (χ2n) is 6.36. The van der Waals surface area contributed by atoms with E-state index in [1.54, 1.807) is 0 Å². The van der Waals surface area contributed by atoms with Gasteiger partial charge in [-0.05, 0) is 37.4 Å². The topological polar surface area (TPSA) is 73.5 Å². The van der Waals surface area contributed by atoms with Crippen LogP contribution in [0.4, 0.5) is 4.79 Å². The number of benzene rings is 1. The summed E-state index contributed by atoms with van der Waals surface area (Å²) in [5, 5.41) is 8.17. The highest BCUT2D eigenvalue weighted by atomic mass is 16.2. The molecule has 0 aromatic heterocycles. The van der Waals surface area contributed by atoms with Gasteiger partial charge in [-0.25, -0.2) is 4.79 Å². The van der Waals surface area contributed by atoms with Crippen LogP contribution >= 0.6 is 0 Å². The van der Waals surface area contributed by atoms with E-state index in [0.717, 1.165) is 32.5 Å². The summed E-state index contributed by atoms with van der Waals surface area (Å²) in [5.41, 5.74) is 1.35. The average molecular weight is 316 g/mol. The Morgan fingerprint density at radius 1 is 1.22 bits per heavy atom. The summed E-state index contributed by atoms with van der Waals surface area (Å²) >= 11 is 0. The van der Waals surface area contributed by atoms with Gasteiger partial charge < -0.3 is 16.0 Å². The predicted molar refractivity (Wildman–Crippen MR) is 87.8 cm³/mol. The monoisotopic (exact) mass is 316 g/mol. The number of piperidine rings is 1. The van der Waals surface area contributed by atoms with Gasteiger partial charge in [-0.1, -0.05) is 30.3 Å². The molecule has 2 aliphatic heterocycles. The molecule has 0 spiro atoms. The molecule has 2 heterocycles. The van der Waals surface area contributed by atoms with Gasteiger partial charge in [0.15, 0.2) is 0 Å². The third kappa shape index (κ3) is 4.45. The van der Waals surface area contributed by atoms with Crippen LogP contribution in [-0.2, 0) is 11.3 Å². The van der Waals surface area contributed by atoms with Gasteiger partial charge in [0.1, 0.15) is 6.04 Å². The van der Waals surface area contributed by atoms with Gasteiger partial charge in [-0.3, -0.25) is 9.69 Å². The normalized spacial score (nSPS) is 22.4. The zero-order valence-electron chi connectivity index (χ0n) is 13.3. The first-order valence-corrected chi connectivity index (χ1v) is 8.29. The number of likely N-dealkylation sites (tertiary alicyclic amines) is 1. The number of carbonyl (C=O) groups excluding carboxylic acids is 2. The van der Waals surface area contributed by atoms with Crippen LogP contribution in [-0.4, -0.2) is 49.1 Å². The van der Waals surface area contributed by atoms with E-state index < -0.39 is 6.04 Å². The molecule has 124 valence electrons. The Labute approximate surface area is 136 Å². The highest BCUT2D eigenvalue weighted by Gasteiger charge is 2.27. The van der Waals surface area contributed by atoms with Gasteiger partial charge in [0.05, 0.1) is 0 Å². The molecule has 0 bridgehead atoms. The second kappa shape index (κ2) is 7.46. The van der Waals surface area contributed by atoms with Crippen LogP contribution in [0.1, 0.15) is 18.4 Å². The Bertz CT molecular complexity index is 541. The third-order valence-electron chi connectivity index (χ3n) is 4.61. The zero-order valence-corrected chi connectivity index (χ0v) is 13.3. The van der Waals surface area contributed by atoms with Crippen LogP contribution < -0.4 is 16.0 Å². The molecule has 6 nitrogen and oxygen atoms in total. The molecule has 6 heteroatoms. The number of hydrogen-bond acceptors (Lipinski definition) is 3. The molecule has 2 fully saturated rings. The summed E-state index contributed by atoms with van der Waals surface area (Å²) in [6, 6.07) is 9.83. The van der Waals surface area contributed by atoms with Gasteiger partial charge >= 0.3 is 6.03 Å². The molecule has 0 unspecified atom stereocenters. The lowest BCUT2D eigenvalue weighted by Crippen LogP contribution is -2.45. The lowest BCUT2D eigenvalue weighted by atomic mass is 9.96. The lowest BCUT2D eigenvalue weighted by Gasteiger charge is -2.32. The zero-order chi connectivity index (χ0) is 16.1. The van der Waals surface area contributed by atoms with Crippen LogP contribution in [0.3, 0.4) is 0 Å². The van der Waals surface area contributed by atoms with Crippen LogP contribution in [0.25, 0.3) is 0 Å². The Morgan fingerprint density at radius 2 is 1.96 bits per heavy atom. The minimum atomic E-state index is -0.430.